The second-order valence-electron chi connectivity index (χ2n) is 2.25. The molecular weight excluding hydrogens is 120 g/mol. The van der Waals surface area contributed by atoms with Crippen LogP contribution in [0.3, 0.4) is 0 Å². The van der Waals surface area contributed by atoms with Crippen molar-refractivity contribution in [1.82, 2.24) is 0 Å². The van der Waals surface area contributed by atoms with Gasteiger partial charge in [-0.15, -0.1) is 0 Å². The van der Waals surface area contributed by atoms with Crippen LogP contribution in [0.5, 0.6) is 0 Å². The van der Waals surface area contributed by atoms with E-state index in [1.165, 1.54) is 13.8 Å². The lowest BCUT2D eigenvalue weighted by Crippen LogP contribution is -2.23. The van der Waals surface area contributed by atoms with Crippen LogP contribution in [0.4, 0.5) is 0 Å². The molecule has 0 unspecified atom stereocenters. The van der Waals surface area contributed by atoms with Crippen LogP contribution in [0.2, 0.25) is 0 Å². The van der Waals surface area contributed by atoms with Crippen LogP contribution in [0.25, 0.3) is 0 Å². The Morgan fingerprint density at radius 2 is 2.22 bits per heavy atom. The van der Waals surface area contributed by atoms with E-state index in [1.54, 1.807) is 0 Å². The lowest BCUT2D eigenvalue weighted by Gasteiger charge is -2.16. The van der Waals surface area contributed by atoms with E-state index in [1.807, 2.05) is 0 Å². The first-order valence-electron chi connectivity index (χ1n) is 2.86. The van der Waals surface area contributed by atoms with Gasteiger partial charge in [-0.3, -0.25) is 0 Å². The number of rotatable bonds is 4. The van der Waals surface area contributed by atoms with Crippen molar-refractivity contribution >= 4 is 6.29 Å². The first-order chi connectivity index (χ1) is 4.06. The van der Waals surface area contributed by atoms with E-state index in [4.69, 9.17) is 9.84 Å². The molecule has 0 heterocycles. The zero-order valence-electron chi connectivity index (χ0n) is 5.76. The fourth-order valence-corrected chi connectivity index (χ4v) is 0.357. The maximum Gasteiger partial charge on any atom is 0.159 e. The molecule has 0 aromatic rings. The minimum atomic E-state index is -1.11. The van der Waals surface area contributed by atoms with E-state index in [-0.39, 0.29) is 6.61 Å². The molecular formula is C6H12O3. The maximum absolute atomic E-state index is 9.73. The molecule has 0 bridgehead atoms. The Kier molecular flexibility index (Phi) is 3.42. The summed E-state index contributed by atoms with van der Waals surface area (Å²) in [5.74, 6) is -1.11. The maximum atomic E-state index is 9.73. The quantitative estimate of drug-likeness (QED) is 0.340. The van der Waals surface area contributed by atoms with Crippen LogP contribution < -0.4 is 0 Å². The highest BCUT2D eigenvalue weighted by Crippen LogP contribution is 2.01. The van der Waals surface area contributed by atoms with Gasteiger partial charge in [0.15, 0.2) is 5.79 Å². The molecule has 0 atom stereocenters. The van der Waals surface area contributed by atoms with Gasteiger partial charge >= 0.3 is 0 Å². The molecule has 0 aromatic carbocycles. The van der Waals surface area contributed by atoms with Crippen molar-refractivity contribution in [3.8, 4) is 0 Å². The van der Waals surface area contributed by atoms with E-state index >= 15 is 0 Å². The molecule has 0 saturated heterocycles. The van der Waals surface area contributed by atoms with E-state index in [0.29, 0.717) is 6.42 Å². The van der Waals surface area contributed by atoms with Gasteiger partial charge in [0.1, 0.15) is 6.29 Å². The summed E-state index contributed by atoms with van der Waals surface area (Å²) in [5, 5.41) is 8.91. The van der Waals surface area contributed by atoms with Gasteiger partial charge in [-0.2, -0.15) is 0 Å². The SMILES string of the molecule is CC(C)(O)OCCC=O. The van der Waals surface area contributed by atoms with E-state index in [0.717, 1.165) is 6.29 Å². The normalized spacial score (nSPS) is 11.4. The Morgan fingerprint density at radius 1 is 1.67 bits per heavy atom. The lowest BCUT2D eigenvalue weighted by atomic mass is 10.4. The first kappa shape index (κ1) is 8.59. The fourth-order valence-electron chi connectivity index (χ4n) is 0.357. The van der Waals surface area contributed by atoms with Crippen molar-refractivity contribution < 1.29 is 14.6 Å². The van der Waals surface area contributed by atoms with Crippen LogP contribution in [-0.4, -0.2) is 23.8 Å². The van der Waals surface area contributed by atoms with Gasteiger partial charge in [-0.05, 0) is 13.8 Å². The average molecular weight is 132 g/mol. The molecule has 0 amide bonds. The average Bonchev–Trinajstić information content (AvgIpc) is 1.63. The van der Waals surface area contributed by atoms with Crippen molar-refractivity contribution in [2.24, 2.45) is 0 Å². The molecule has 0 aliphatic rings. The topological polar surface area (TPSA) is 46.5 Å². The molecule has 0 rings (SSSR count). The van der Waals surface area contributed by atoms with Gasteiger partial charge in [-0.25, -0.2) is 0 Å². The van der Waals surface area contributed by atoms with E-state index in [9.17, 15) is 4.79 Å². The fraction of sp³-hybridized carbons (Fsp3) is 0.833. The highest BCUT2D eigenvalue weighted by Gasteiger charge is 2.10. The summed E-state index contributed by atoms with van der Waals surface area (Å²) in [4.78, 5) is 9.73. The third-order valence-electron chi connectivity index (χ3n) is 0.691. The molecule has 0 saturated carbocycles. The first-order valence-corrected chi connectivity index (χ1v) is 2.86. The van der Waals surface area contributed by atoms with E-state index < -0.39 is 5.79 Å². The van der Waals surface area contributed by atoms with Crippen molar-refractivity contribution in [2.45, 2.75) is 26.1 Å². The lowest BCUT2D eigenvalue weighted by molar-refractivity contribution is -0.175. The molecule has 54 valence electrons. The van der Waals surface area contributed by atoms with Crippen LogP contribution in [0.15, 0.2) is 0 Å². The third-order valence-corrected chi connectivity index (χ3v) is 0.691. The molecule has 0 aliphatic carbocycles. The monoisotopic (exact) mass is 132 g/mol. The number of carbonyl (C=O) groups is 1. The van der Waals surface area contributed by atoms with Gasteiger partial charge in [0.2, 0.25) is 0 Å². The van der Waals surface area contributed by atoms with Gasteiger partial charge < -0.3 is 14.6 Å². The van der Waals surface area contributed by atoms with E-state index in [2.05, 4.69) is 0 Å². The van der Waals surface area contributed by atoms with Crippen LogP contribution in [-0.2, 0) is 9.53 Å². The molecule has 0 aromatic heterocycles. The standard InChI is InChI=1S/C6H12O3/c1-6(2,8)9-5-3-4-7/h4,8H,3,5H2,1-2H3. The molecule has 3 heteroatoms. The van der Waals surface area contributed by atoms with Gasteiger partial charge in [0.25, 0.3) is 0 Å². The summed E-state index contributed by atoms with van der Waals surface area (Å²) < 4.78 is 4.79. The van der Waals surface area contributed by atoms with Crippen molar-refractivity contribution in [2.75, 3.05) is 6.61 Å². The number of hydrogen-bond donors (Lipinski definition) is 1. The Hall–Kier alpha value is -0.410. The smallest absolute Gasteiger partial charge is 0.159 e. The van der Waals surface area contributed by atoms with Crippen LogP contribution >= 0.6 is 0 Å². The predicted molar refractivity (Wildman–Crippen MR) is 32.9 cm³/mol. The Balaban J connectivity index is 3.17. The summed E-state index contributed by atoms with van der Waals surface area (Å²) in [7, 11) is 0. The summed E-state index contributed by atoms with van der Waals surface area (Å²) in [6, 6.07) is 0. The summed E-state index contributed by atoms with van der Waals surface area (Å²) in [6.45, 7) is 3.34. The number of hydrogen-bond acceptors (Lipinski definition) is 3. The van der Waals surface area contributed by atoms with Gasteiger partial charge in [0, 0.05) is 6.42 Å². The van der Waals surface area contributed by atoms with Gasteiger partial charge in [0.05, 0.1) is 6.61 Å². The largest absolute Gasteiger partial charge is 0.366 e. The number of ether oxygens (including phenoxy) is 1. The number of aliphatic hydroxyl groups is 1. The Morgan fingerprint density at radius 3 is 2.56 bits per heavy atom. The third kappa shape index (κ3) is 7.59. The molecule has 0 fully saturated rings. The molecule has 0 aliphatic heterocycles. The number of carbonyl (C=O) groups excluding carboxylic acids is 1. The highest BCUT2D eigenvalue weighted by atomic mass is 16.6. The zero-order chi connectivity index (χ0) is 7.33. The Bertz CT molecular complexity index is 82.8. The van der Waals surface area contributed by atoms with Gasteiger partial charge in [-0.1, -0.05) is 0 Å². The zero-order valence-corrected chi connectivity index (χ0v) is 5.76. The molecule has 1 N–H and O–H groups in total. The Labute approximate surface area is 54.6 Å². The molecule has 3 nitrogen and oxygen atoms in total. The summed E-state index contributed by atoms with van der Waals surface area (Å²) in [5.41, 5.74) is 0. The summed E-state index contributed by atoms with van der Waals surface area (Å²) >= 11 is 0. The van der Waals surface area contributed by atoms with Crippen molar-refractivity contribution in [3.63, 3.8) is 0 Å². The van der Waals surface area contributed by atoms with Crippen molar-refractivity contribution in [1.29, 1.82) is 0 Å². The summed E-state index contributed by atoms with van der Waals surface area (Å²) in [6.07, 6.45) is 1.09. The molecule has 9 heavy (non-hydrogen) atoms. The second-order valence-corrected chi connectivity index (χ2v) is 2.25. The highest BCUT2D eigenvalue weighted by molar-refractivity contribution is 5.49. The predicted octanol–water partition coefficient (Wildman–Crippen LogP) is 0.320. The molecule has 0 radical (unpaired) electrons. The van der Waals surface area contributed by atoms with Crippen molar-refractivity contribution in [3.05, 3.63) is 0 Å². The minimum absolute atomic E-state index is 0.285. The molecule has 0 spiro atoms. The number of aldehydes is 1. The van der Waals surface area contributed by atoms with Crippen LogP contribution in [0, 0.1) is 0 Å². The second kappa shape index (κ2) is 3.58. The van der Waals surface area contributed by atoms with Crippen LogP contribution in [0.1, 0.15) is 20.3 Å². The minimum Gasteiger partial charge on any atom is -0.366 e.